The molecule has 0 spiro atoms. The van der Waals surface area contributed by atoms with Crippen LogP contribution in [0.4, 0.5) is 4.79 Å². The van der Waals surface area contributed by atoms with Crippen LogP contribution in [0.1, 0.15) is 46.0 Å². The highest BCUT2D eigenvalue weighted by Gasteiger charge is 2.27. The molecule has 0 aromatic heterocycles. The highest BCUT2D eigenvalue weighted by Crippen LogP contribution is 2.34. The van der Waals surface area contributed by atoms with E-state index in [0.29, 0.717) is 6.54 Å². The van der Waals surface area contributed by atoms with Crippen molar-refractivity contribution in [1.29, 1.82) is 0 Å². The summed E-state index contributed by atoms with van der Waals surface area (Å²) in [6.07, 6.45) is 5.96. The highest BCUT2D eigenvalue weighted by atomic mass is 16.4. The zero-order valence-corrected chi connectivity index (χ0v) is 10.6. The fraction of sp³-hybridized carbons (Fsp3) is 0.833. The zero-order valence-electron chi connectivity index (χ0n) is 10.6. The molecule has 0 bridgehead atoms. The van der Waals surface area contributed by atoms with Crippen LogP contribution in [0.3, 0.4) is 0 Å². The number of hydrogen-bond donors (Lipinski definition) is 3. The van der Waals surface area contributed by atoms with Gasteiger partial charge in [-0.15, -0.1) is 0 Å². The molecule has 5 heteroatoms. The smallest absolute Gasteiger partial charge is 0.325 e. The molecule has 2 amide bonds. The summed E-state index contributed by atoms with van der Waals surface area (Å²) in [6.45, 7) is 4.24. The average molecular weight is 242 g/mol. The lowest BCUT2D eigenvalue weighted by atomic mass is 9.76. The second-order valence-corrected chi connectivity index (χ2v) is 5.26. The molecule has 0 aromatic rings. The van der Waals surface area contributed by atoms with Gasteiger partial charge in [-0.05, 0) is 25.2 Å². The number of carboxylic acids is 1. The number of rotatable bonds is 4. The first-order valence-corrected chi connectivity index (χ1v) is 6.20. The number of aliphatic carboxylic acids is 1. The van der Waals surface area contributed by atoms with Gasteiger partial charge in [-0.3, -0.25) is 4.79 Å². The number of urea groups is 1. The zero-order chi connectivity index (χ0) is 12.9. The maximum absolute atomic E-state index is 11.5. The van der Waals surface area contributed by atoms with E-state index in [1.54, 1.807) is 0 Å². The van der Waals surface area contributed by atoms with Crippen molar-refractivity contribution in [3.8, 4) is 0 Å². The number of amides is 2. The first-order chi connectivity index (χ1) is 7.93. The van der Waals surface area contributed by atoms with E-state index in [1.165, 1.54) is 26.2 Å². The van der Waals surface area contributed by atoms with Gasteiger partial charge < -0.3 is 15.7 Å². The quantitative estimate of drug-likeness (QED) is 0.702. The molecule has 98 valence electrons. The van der Waals surface area contributed by atoms with E-state index in [-0.39, 0.29) is 5.41 Å². The predicted octanol–water partition coefficient (Wildman–Crippen LogP) is 1.73. The average Bonchev–Trinajstić information content (AvgIpc) is 2.27. The topological polar surface area (TPSA) is 78.4 Å². The van der Waals surface area contributed by atoms with Gasteiger partial charge in [0.05, 0.1) is 0 Å². The minimum atomic E-state index is -1.02. The van der Waals surface area contributed by atoms with Crippen LogP contribution in [0.2, 0.25) is 0 Å². The van der Waals surface area contributed by atoms with Crippen LogP contribution in [0.25, 0.3) is 0 Å². The van der Waals surface area contributed by atoms with E-state index < -0.39 is 18.0 Å². The molecule has 0 aliphatic heterocycles. The van der Waals surface area contributed by atoms with Gasteiger partial charge in [-0.2, -0.15) is 0 Å². The molecule has 17 heavy (non-hydrogen) atoms. The fourth-order valence-corrected chi connectivity index (χ4v) is 2.19. The highest BCUT2D eigenvalue weighted by molar-refractivity contribution is 5.82. The molecule has 0 radical (unpaired) electrons. The van der Waals surface area contributed by atoms with Crippen LogP contribution in [-0.2, 0) is 4.79 Å². The van der Waals surface area contributed by atoms with Crippen molar-refractivity contribution >= 4 is 12.0 Å². The summed E-state index contributed by atoms with van der Waals surface area (Å²) in [5.41, 5.74) is 0.169. The molecular formula is C12H22N2O3. The normalized spacial score (nSPS) is 20.4. The molecule has 0 aromatic carbocycles. The SMILES string of the molecule is C[C@@H](NC(=O)NCC1(C)CCCCC1)C(=O)O. The van der Waals surface area contributed by atoms with E-state index in [4.69, 9.17) is 5.11 Å². The molecule has 3 N–H and O–H groups in total. The Labute approximate surface area is 102 Å². The Kier molecular flexibility index (Phi) is 4.78. The van der Waals surface area contributed by atoms with E-state index in [1.807, 2.05) is 0 Å². The molecular weight excluding hydrogens is 220 g/mol. The first kappa shape index (κ1) is 13.8. The Hall–Kier alpha value is -1.26. The van der Waals surface area contributed by atoms with Gasteiger partial charge in [0, 0.05) is 6.54 Å². The Morgan fingerprint density at radius 2 is 1.88 bits per heavy atom. The minimum absolute atomic E-state index is 0.169. The number of carbonyl (C=O) groups is 2. The Morgan fingerprint density at radius 3 is 2.41 bits per heavy atom. The van der Waals surface area contributed by atoms with Crippen molar-refractivity contribution in [1.82, 2.24) is 10.6 Å². The molecule has 0 saturated heterocycles. The standard InChI is InChI=1S/C12H22N2O3/c1-9(10(15)16)14-11(17)13-8-12(2)6-4-3-5-7-12/h9H,3-8H2,1-2H3,(H,15,16)(H2,13,14,17)/t9-/m1/s1. The lowest BCUT2D eigenvalue weighted by molar-refractivity contribution is -0.138. The summed E-state index contributed by atoms with van der Waals surface area (Å²) in [7, 11) is 0. The van der Waals surface area contributed by atoms with Crippen LogP contribution in [0.5, 0.6) is 0 Å². The maximum atomic E-state index is 11.5. The lowest BCUT2D eigenvalue weighted by Gasteiger charge is -2.33. The number of nitrogens with one attached hydrogen (secondary N) is 2. The van der Waals surface area contributed by atoms with E-state index in [0.717, 1.165) is 12.8 Å². The van der Waals surface area contributed by atoms with Gasteiger partial charge >= 0.3 is 12.0 Å². The van der Waals surface area contributed by atoms with E-state index in [9.17, 15) is 9.59 Å². The van der Waals surface area contributed by atoms with Crippen molar-refractivity contribution in [2.24, 2.45) is 5.41 Å². The minimum Gasteiger partial charge on any atom is -0.480 e. The summed E-state index contributed by atoms with van der Waals surface area (Å²) >= 11 is 0. The first-order valence-electron chi connectivity index (χ1n) is 6.20. The summed E-state index contributed by atoms with van der Waals surface area (Å²) < 4.78 is 0. The molecule has 1 aliphatic carbocycles. The maximum Gasteiger partial charge on any atom is 0.325 e. The van der Waals surface area contributed by atoms with E-state index in [2.05, 4.69) is 17.6 Å². The second-order valence-electron chi connectivity index (χ2n) is 5.26. The lowest BCUT2D eigenvalue weighted by Crippen LogP contribution is -2.47. The van der Waals surface area contributed by atoms with Crippen molar-refractivity contribution in [3.63, 3.8) is 0 Å². The van der Waals surface area contributed by atoms with Crippen molar-refractivity contribution in [3.05, 3.63) is 0 Å². The molecule has 0 unspecified atom stereocenters. The third kappa shape index (κ3) is 4.63. The van der Waals surface area contributed by atoms with Crippen LogP contribution < -0.4 is 10.6 Å². The summed E-state index contributed by atoms with van der Waals surface area (Å²) in [6, 6.07) is -1.25. The van der Waals surface area contributed by atoms with Crippen molar-refractivity contribution in [2.75, 3.05) is 6.54 Å². The Bertz CT molecular complexity index is 285. The van der Waals surface area contributed by atoms with Gasteiger partial charge in [-0.1, -0.05) is 26.2 Å². The van der Waals surface area contributed by atoms with Crippen molar-refractivity contribution in [2.45, 2.75) is 52.0 Å². The van der Waals surface area contributed by atoms with Crippen LogP contribution in [-0.4, -0.2) is 29.7 Å². The number of carbonyl (C=O) groups excluding carboxylic acids is 1. The molecule has 0 heterocycles. The molecule has 1 rings (SSSR count). The monoisotopic (exact) mass is 242 g/mol. The predicted molar refractivity (Wildman–Crippen MR) is 64.8 cm³/mol. The molecule has 1 saturated carbocycles. The van der Waals surface area contributed by atoms with Crippen LogP contribution in [0, 0.1) is 5.41 Å². The van der Waals surface area contributed by atoms with E-state index >= 15 is 0 Å². The van der Waals surface area contributed by atoms with Gasteiger partial charge in [0.2, 0.25) is 0 Å². The Morgan fingerprint density at radius 1 is 1.29 bits per heavy atom. The van der Waals surface area contributed by atoms with Crippen LogP contribution in [0.15, 0.2) is 0 Å². The van der Waals surface area contributed by atoms with Crippen molar-refractivity contribution < 1.29 is 14.7 Å². The number of carboxylic acid groups (broad SMARTS) is 1. The van der Waals surface area contributed by atoms with Gasteiger partial charge in [0.25, 0.3) is 0 Å². The fourth-order valence-electron chi connectivity index (χ4n) is 2.19. The summed E-state index contributed by atoms with van der Waals surface area (Å²) in [5.74, 6) is -1.02. The molecule has 1 aliphatic rings. The van der Waals surface area contributed by atoms with Crippen LogP contribution >= 0.6 is 0 Å². The third-order valence-electron chi connectivity index (χ3n) is 3.45. The molecule has 5 nitrogen and oxygen atoms in total. The summed E-state index contributed by atoms with van der Waals surface area (Å²) in [5, 5.41) is 13.8. The summed E-state index contributed by atoms with van der Waals surface area (Å²) in [4.78, 5) is 22.0. The molecule has 1 fully saturated rings. The Balaban J connectivity index is 2.29. The molecule has 1 atom stereocenters. The number of hydrogen-bond acceptors (Lipinski definition) is 2. The van der Waals surface area contributed by atoms with Gasteiger partial charge in [0.1, 0.15) is 6.04 Å². The van der Waals surface area contributed by atoms with Gasteiger partial charge in [-0.25, -0.2) is 4.79 Å². The largest absolute Gasteiger partial charge is 0.480 e. The van der Waals surface area contributed by atoms with Gasteiger partial charge in [0.15, 0.2) is 0 Å². The second kappa shape index (κ2) is 5.89. The third-order valence-corrected chi connectivity index (χ3v) is 3.45.